The number of rotatable bonds is 7. The molecule has 4 rings (SSSR count). The monoisotopic (exact) mass is 463 g/mol. The van der Waals surface area contributed by atoms with Gasteiger partial charge >= 0.3 is 5.97 Å². The first-order valence-corrected chi connectivity index (χ1v) is 11.2. The first kappa shape index (κ1) is 22.5. The molecule has 0 aliphatic carbocycles. The van der Waals surface area contributed by atoms with E-state index in [9.17, 15) is 14.0 Å². The molecule has 0 fully saturated rings. The molecule has 0 radical (unpaired) electrons. The summed E-state index contributed by atoms with van der Waals surface area (Å²) in [6.07, 6.45) is 1.57. The average Bonchev–Trinajstić information content (AvgIpc) is 3.20. The minimum absolute atomic E-state index is 0.0563. The van der Waals surface area contributed by atoms with E-state index < -0.39 is 12.0 Å². The summed E-state index contributed by atoms with van der Waals surface area (Å²) in [4.78, 5) is 32.3. The van der Waals surface area contributed by atoms with Crippen molar-refractivity contribution in [3.63, 3.8) is 0 Å². The summed E-state index contributed by atoms with van der Waals surface area (Å²) in [6.45, 7) is 5.47. The van der Waals surface area contributed by atoms with Crippen LogP contribution in [-0.2, 0) is 14.3 Å². The lowest BCUT2D eigenvalue weighted by atomic mass is 9.94. The van der Waals surface area contributed by atoms with Crippen molar-refractivity contribution in [1.82, 2.24) is 4.90 Å². The maximum atomic E-state index is 13.2. The molecule has 2 aromatic rings. The van der Waals surface area contributed by atoms with E-state index >= 15 is 0 Å². The molecule has 2 aliphatic rings. The first-order chi connectivity index (χ1) is 16.0. The number of fused-ring (bicyclic) bond motifs is 1. The van der Waals surface area contributed by atoms with Gasteiger partial charge in [0.2, 0.25) is 5.91 Å². The average molecular weight is 464 g/mol. The minimum atomic E-state index is -0.490. The Morgan fingerprint density at radius 3 is 2.64 bits per heavy atom. The number of hydrogen-bond donors (Lipinski definition) is 1. The van der Waals surface area contributed by atoms with Crippen molar-refractivity contribution in [2.75, 3.05) is 11.9 Å². The smallest absolute Gasteiger partial charge is 0.338 e. The third-order valence-electron chi connectivity index (χ3n) is 5.14. The van der Waals surface area contributed by atoms with Gasteiger partial charge in [-0.05, 0) is 42.2 Å². The number of halogens is 1. The largest absolute Gasteiger partial charge is 0.458 e. The number of ether oxygens (including phenoxy) is 1. The molecule has 168 valence electrons. The van der Waals surface area contributed by atoms with Crippen LogP contribution < -0.4 is 5.32 Å². The van der Waals surface area contributed by atoms with Crippen LogP contribution in [0.1, 0.15) is 24.9 Å². The Morgan fingerprint density at radius 1 is 1.21 bits per heavy atom. The summed E-state index contributed by atoms with van der Waals surface area (Å²) in [7, 11) is 0. The van der Waals surface area contributed by atoms with Crippen molar-refractivity contribution in [1.29, 1.82) is 0 Å². The first-order valence-electron chi connectivity index (χ1n) is 10.3. The number of anilines is 1. The zero-order valence-electron chi connectivity index (χ0n) is 18.0. The lowest BCUT2D eigenvalue weighted by Crippen LogP contribution is -2.37. The number of hydrogen-bond acceptors (Lipinski definition) is 6. The molecule has 0 bridgehead atoms. The molecule has 33 heavy (non-hydrogen) atoms. The predicted molar refractivity (Wildman–Crippen MR) is 128 cm³/mol. The Kier molecular flexibility index (Phi) is 6.74. The van der Waals surface area contributed by atoms with Gasteiger partial charge in [-0.25, -0.2) is 14.2 Å². The van der Waals surface area contributed by atoms with E-state index in [4.69, 9.17) is 4.74 Å². The summed E-state index contributed by atoms with van der Waals surface area (Å²) in [5.74, 6) is -1.11. The van der Waals surface area contributed by atoms with Gasteiger partial charge in [0, 0.05) is 11.4 Å². The SMILES string of the molecule is C=CCOC(=O)C1=C(C)N=C2SC=C(CC(=O)Nc3ccc(F)cc3)N2C1c1ccccc1. The van der Waals surface area contributed by atoms with Gasteiger partial charge in [-0.1, -0.05) is 54.7 Å². The third-order valence-corrected chi connectivity index (χ3v) is 6.03. The number of amidine groups is 1. The molecule has 0 saturated carbocycles. The summed E-state index contributed by atoms with van der Waals surface area (Å²) in [5, 5.41) is 5.33. The van der Waals surface area contributed by atoms with E-state index in [2.05, 4.69) is 16.9 Å². The summed E-state index contributed by atoms with van der Waals surface area (Å²) in [5.41, 5.74) is 3.07. The van der Waals surface area contributed by atoms with Crippen LogP contribution in [0.2, 0.25) is 0 Å². The third kappa shape index (κ3) is 4.90. The highest BCUT2D eigenvalue weighted by Crippen LogP contribution is 2.44. The normalized spacial score (nSPS) is 17.2. The molecule has 0 saturated heterocycles. The molecule has 6 nitrogen and oxygen atoms in total. The Balaban J connectivity index is 1.63. The van der Waals surface area contributed by atoms with Crippen molar-refractivity contribution < 1.29 is 18.7 Å². The number of benzene rings is 2. The second-order valence-corrected chi connectivity index (χ2v) is 8.26. The van der Waals surface area contributed by atoms with Gasteiger partial charge in [0.05, 0.1) is 23.7 Å². The molecular formula is C25H22FN3O3S. The minimum Gasteiger partial charge on any atom is -0.458 e. The number of nitrogens with one attached hydrogen (secondary N) is 1. The predicted octanol–water partition coefficient (Wildman–Crippen LogP) is 5.16. The molecule has 1 unspecified atom stereocenters. The van der Waals surface area contributed by atoms with Crippen LogP contribution in [0.3, 0.4) is 0 Å². The van der Waals surface area contributed by atoms with Gasteiger partial charge in [0.25, 0.3) is 0 Å². The second-order valence-electron chi connectivity index (χ2n) is 7.42. The highest BCUT2D eigenvalue weighted by Gasteiger charge is 2.41. The molecule has 1 amide bonds. The number of thioether (sulfide) groups is 1. The van der Waals surface area contributed by atoms with Crippen LogP contribution in [0, 0.1) is 5.82 Å². The fourth-order valence-corrected chi connectivity index (χ4v) is 4.66. The number of carbonyl (C=O) groups is 2. The Labute approximate surface area is 195 Å². The fraction of sp³-hybridized carbons (Fsp3) is 0.160. The highest BCUT2D eigenvalue weighted by molar-refractivity contribution is 8.16. The van der Waals surface area contributed by atoms with Crippen molar-refractivity contribution in [2.24, 2.45) is 4.99 Å². The summed E-state index contributed by atoms with van der Waals surface area (Å²) < 4.78 is 18.5. The van der Waals surface area contributed by atoms with E-state index in [1.54, 1.807) is 6.92 Å². The van der Waals surface area contributed by atoms with E-state index in [1.165, 1.54) is 42.1 Å². The molecule has 2 aromatic carbocycles. The Hall–Kier alpha value is -3.65. The van der Waals surface area contributed by atoms with Crippen LogP contribution in [0.25, 0.3) is 0 Å². The van der Waals surface area contributed by atoms with Crippen molar-refractivity contribution in [3.05, 3.63) is 101 Å². The molecule has 0 aromatic heterocycles. The molecule has 1 atom stereocenters. The van der Waals surface area contributed by atoms with Crippen LogP contribution in [0.5, 0.6) is 0 Å². The number of carbonyl (C=O) groups excluding carboxylic acids is 2. The topological polar surface area (TPSA) is 71.0 Å². The quantitative estimate of drug-likeness (QED) is 0.454. The van der Waals surface area contributed by atoms with Crippen LogP contribution >= 0.6 is 11.8 Å². The number of amides is 1. The zero-order chi connectivity index (χ0) is 23.4. The molecule has 2 heterocycles. The molecular weight excluding hydrogens is 441 g/mol. The van der Waals surface area contributed by atoms with E-state index in [0.717, 1.165) is 5.56 Å². The van der Waals surface area contributed by atoms with Gasteiger partial charge in [0.15, 0.2) is 5.17 Å². The Morgan fingerprint density at radius 2 is 1.94 bits per heavy atom. The summed E-state index contributed by atoms with van der Waals surface area (Å²) in [6, 6.07) is 14.7. The van der Waals surface area contributed by atoms with Gasteiger partial charge in [-0.15, -0.1) is 0 Å². The molecule has 8 heteroatoms. The van der Waals surface area contributed by atoms with Gasteiger partial charge in [0.1, 0.15) is 12.4 Å². The van der Waals surface area contributed by atoms with E-state index in [0.29, 0.717) is 27.8 Å². The van der Waals surface area contributed by atoms with E-state index in [-0.39, 0.29) is 24.8 Å². The van der Waals surface area contributed by atoms with Crippen LogP contribution in [0.4, 0.5) is 10.1 Å². The lowest BCUT2D eigenvalue weighted by molar-refractivity contribution is -0.138. The Bertz CT molecular complexity index is 1170. The zero-order valence-corrected chi connectivity index (χ0v) is 18.8. The maximum Gasteiger partial charge on any atom is 0.338 e. The highest BCUT2D eigenvalue weighted by atomic mass is 32.2. The summed E-state index contributed by atoms with van der Waals surface area (Å²) >= 11 is 1.40. The molecule has 1 N–H and O–H groups in total. The number of allylic oxidation sites excluding steroid dienone is 1. The van der Waals surface area contributed by atoms with Crippen molar-refractivity contribution in [3.8, 4) is 0 Å². The number of nitrogens with zero attached hydrogens (tertiary/aromatic N) is 2. The molecule has 0 spiro atoms. The van der Waals surface area contributed by atoms with Gasteiger partial charge in [-0.3, -0.25) is 4.79 Å². The van der Waals surface area contributed by atoms with E-state index in [1.807, 2.05) is 40.6 Å². The van der Waals surface area contributed by atoms with Crippen molar-refractivity contribution in [2.45, 2.75) is 19.4 Å². The number of aliphatic imine (C=N–C) groups is 1. The van der Waals surface area contributed by atoms with Gasteiger partial charge < -0.3 is 15.0 Å². The fourth-order valence-electron chi connectivity index (χ4n) is 3.70. The maximum absolute atomic E-state index is 13.2. The van der Waals surface area contributed by atoms with Gasteiger partial charge in [-0.2, -0.15) is 0 Å². The standard InChI is InChI=1S/C25H22FN3O3S/c1-3-13-32-24(31)22-16(2)27-25-29(23(22)17-7-5-4-6-8-17)20(15-33-25)14-21(30)28-19-11-9-18(26)10-12-19/h3-12,15,23H,1,13-14H2,2H3,(H,28,30). The second kappa shape index (κ2) is 9.87. The lowest BCUT2D eigenvalue weighted by Gasteiger charge is -2.36. The molecule has 2 aliphatic heterocycles. The van der Waals surface area contributed by atoms with Crippen LogP contribution in [0.15, 0.2) is 94.6 Å². The number of esters is 1. The van der Waals surface area contributed by atoms with Crippen LogP contribution in [-0.4, -0.2) is 28.6 Å². The van der Waals surface area contributed by atoms with Crippen molar-refractivity contribution >= 4 is 34.5 Å².